The summed E-state index contributed by atoms with van der Waals surface area (Å²) in [6, 6.07) is 8.15. The number of benzene rings is 1. The number of nitrogens with zero attached hydrogens (tertiary/aromatic N) is 2. The number of carbonyl (C=O) groups is 1. The zero-order valence-electron chi connectivity index (χ0n) is 13.0. The van der Waals surface area contributed by atoms with E-state index in [1.165, 1.54) is 5.56 Å². The van der Waals surface area contributed by atoms with Crippen molar-refractivity contribution in [3.05, 3.63) is 29.8 Å². The molecule has 0 saturated carbocycles. The maximum absolute atomic E-state index is 11.5. The van der Waals surface area contributed by atoms with Crippen molar-refractivity contribution < 1.29 is 4.79 Å². The molecule has 1 saturated heterocycles. The number of guanidine groups is 1. The Kier molecular flexibility index (Phi) is 8.22. The van der Waals surface area contributed by atoms with Crippen LogP contribution in [0.2, 0.25) is 0 Å². The first-order chi connectivity index (χ1) is 10.2. The van der Waals surface area contributed by atoms with E-state index in [9.17, 15) is 4.79 Å². The highest BCUT2D eigenvalue weighted by Crippen LogP contribution is 2.11. The number of aliphatic imine (C=N–C) groups is 1. The van der Waals surface area contributed by atoms with Gasteiger partial charge in [0, 0.05) is 31.7 Å². The van der Waals surface area contributed by atoms with E-state index in [4.69, 9.17) is 5.73 Å². The molecular formula is C16H25IN4O. The van der Waals surface area contributed by atoms with Crippen LogP contribution < -0.4 is 11.1 Å². The van der Waals surface area contributed by atoms with E-state index in [1.807, 2.05) is 17.0 Å². The first-order valence-electron chi connectivity index (χ1n) is 7.62. The van der Waals surface area contributed by atoms with Crippen molar-refractivity contribution in [2.24, 2.45) is 10.7 Å². The fraction of sp³-hybridized carbons (Fsp3) is 0.500. The summed E-state index contributed by atoms with van der Waals surface area (Å²) in [5.74, 6) is 0.692. The molecule has 1 amide bonds. The monoisotopic (exact) mass is 416 g/mol. The van der Waals surface area contributed by atoms with Crippen LogP contribution in [0, 0.1) is 0 Å². The van der Waals surface area contributed by atoms with E-state index >= 15 is 0 Å². The average molecular weight is 416 g/mol. The predicted molar refractivity (Wildman–Crippen MR) is 102 cm³/mol. The van der Waals surface area contributed by atoms with Gasteiger partial charge in [0.05, 0.1) is 0 Å². The molecule has 1 heterocycles. The van der Waals surface area contributed by atoms with Crippen molar-refractivity contribution in [2.45, 2.75) is 32.6 Å². The first kappa shape index (κ1) is 18.7. The number of nitrogens with two attached hydrogens (primary N) is 1. The number of rotatable bonds is 6. The Balaban J connectivity index is 0.00000242. The molecule has 3 N–H and O–H groups in total. The number of hydrogen-bond donors (Lipinski definition) is 2. The quantitative estimate of drug-likeness (QED) is 0.324. The van der Waals surface area contributed by atoms with Crippen molar-refractivity contribution in [1.82, 2.24) is 4.90 Å². The highest BCUT2D eigenvalue weighted by atomic mass is 127. The van der Waals surface area contributed by atoms with Crippen molar-refractivity contribution in [2.75, 3.05) is 25.0 Å². The van der Waals surface area contributed by atoms with Crippen molar-refractivity contribution in [1.29, 1.82) is 0 Å². The Hall–Kier alpha value is -1.31. The standard InChI is InChI=1S/C16H24N4O.HI/c1-2-13-6-3-7-14(12-13)19-16(17)18-9-5-11-20-10-4-8-15(20)21;/h3,6-7,12H,2,4-5,8-11H2,1H3,(H3,17,18,19);1H. The van der Waals surface area contributed by atoms with Crippen LogP contribution in [0.25, 0.3) is 0 Å². The number of aryl methyl sites for hydroxylation is 1. The lowest BCUT2D eigenvalue weighted by Crippen LogP contribution is -2.27. The van der Waals surface area contributed by atoms with Gasteiger partial charge in [-0.1, -0.05) is 19.1 Å². The lowest BCUT2D eigenvalue weighted by molar-refractivity contribution is -0.127. The largest absolute Gasteiger partial charge is 0.370 e. The molecule has 1 aliphatic heterocycles. The Labute approximate surface area is 149 Å². The summed E-state index contributed by atoms with van der Waals surface area (Å²) in [5, 5.41) is 3.10. The minimum absolute atomic E-state index is 0. The molecule has 1 aromatic rings. The maximum Gasteiger partial charge on any atom is 0.222 e. The highest BCUT2D eigenvalue weighted by Gasteiger charge is 2.18. The summed E-state index contributed by atoms with van der Waals surface area (Å²) in [6.45, 7) is 4.42. The highest BCUT2D eigenvalue weighted by molar-refractivity contribution is 14.0. The summed E-state index contributed by atoms with van der Waals surface area (Å²) >= 11 is 0. The molecule has 22 heavy (non-hydrogen) atoms. The molecule has 0 radical (unpaired) electrons. The molecular weight excluding hydrogens is 391 g/mol. The Morgan fingerprint density at radius 1 is 1.45 bits per heavy atom. The zero-order valence-corrected chi connectivity index (χ0v) is 15.4. The van der Waals surface area contributed by atoms with Gasteiger partial charge in [-0.2, -0.15) is 0 Å². The molecule has 5 nitrogen and oxygen atoms in total. The van der Waals surface area contributed by atoms with Gasteiger partial charge in [0.1, 0.15) is 0 Å². The van der Waals surface area contributed by atoms with E-state index in [1.54, 1.807) is 0 Å². The average Bonchev–Trinajstić information content (AvgIpc) is 2.89. The Morgan fingerprint density at radius 3 is 2.95 bits per heavy atom. The van der Waals surface area contributed by atoms with Gasteiger partial charge in [-0.25, -0.2) is 0 Å². The van der Waals surface area contributed by atoms with E-state index in [0.717, 1.165) is 38.0 Å². The smallest absolute Gasteiger partial charge is 0.222 e. The van der Waals surface area contributed by atoms with Gasteiger partial charge in [0.25, 0.3) is 0 Å². The minimum atomic E-state index is 0. The molecule has 0 aromatic heterocycles. The van der Waals surface area contributed by atoms with Crippen molar-refractivity contribution in [3.63, 3.8) is 0 Å². The molecule has 0 atom stereocenters. The molecule has 1 fully saturated rings. The van der Waals surface area contributed by atoms with Crippen LogP contribution in [-0.4, -0.2) is 36.4 Å². The van der Waals surface area contributed by atoms with Gasteiger partial charge in [0.15, 0.2) is 5.96 Å². The van der Waals surface area contributed by atoms with Crippen LogP contribution in [0.4, 0.5) is 5.69 Å². The van der Waals surface area contributed by atoms with Crippen LogP contribution in [0.5, 0.6) is 0 Å². The number of halogens is 1. The fourth-order valence-corrected chi connectivity index (χ4v) is 2.46. The molecule has 1 aromatic carbocycles. The molecule has 0 unspecified atom stereocenters. The minimum Gasteiger partial charge on any atom is -0.370 e. The summed E-state index contributed by atoms with van der Waals surface area (Å²) < 4.78 is 0. The molecule has 122 valence electrons. The lowest BCUT2D eigenvalue weighted by atomic mass is 10.1. The lowest BCUT2D eigenvalue weighted by Gasteiger charge is -2.14. The van der Waals surface area contributed by atoms with Crippen LogP contribution in [0.15, 0.2) is 29.3 Å². The van der Waals surface area contributed by atoms with Crippen LogP contribution >= 0.6 is 24.0 Å². The Morgan fingerprint density at radius 2 is 2.27 bits per heavy atom. The molecule has 6 heteroatoms. The molecule has 0 spiro atoms. The number of carbonyl (C=O) groups excluding carboxylic acids is 1. The number of likely N-dealkylation sites (tertiary alicyclic amines) is 1. The Bertz CT molecular complexity index is 519. The third-order valence-electron chi connectivity index (χ3n) is 3.65. The number of nitrogens with one attached hydrogen (secondary N) is 1. The summed E-state index contributed by atoms with van der Waals surface area (Å²) in [6.07, 6.45) is 3.53. The third kappa shape index (κ3) is 5.82. The second kappa shape index (κ2) is 9.66. The van der Waals surface area contributed by atoms with Gasteiger partial charge < -0.3 is 16.0 Å². The van der Waals surface area contributed by atoms with Crippen molar-refractivity contribution in [3.8, 4) is 0 Å². The summed E-state index contributed by atoms with van der Waals surface area (Å²) in [7, 11) is 0. The first-order valence-corrected chi connectivity index (χ1v) is 7.62. The van der Waals surface area contributed by atoms with Crippen LogP contribution in [0.1, 0.15) is 31.7 Å². The van der Waals surface area contributed by atoms with Gasteiger partial charge in [-0.05, 0) is 37.0 Å². The van der Waals surface area contributed by atoms with Crippen molar-refractivity contribution >= 4 is 41.5 Å². The summed E-state index contributed by atoms with van der Waals surface area (Å²) in [5.41, 5.74) is 8.10. The van der Waals surface area contributed by atoms with Crippen LogP contribution in [-0.2, 0) is 11.2 Å². The van der Waals surface area contributed by atoms with Gasteiger partial charge in [-0.15, -0.1) is 24.0 Å². The number of amides is 1. The van der Waals surface area contributed by atoms with E-state index in [0.29, 0.717) is 18.9 Å². The van der Waals surface area contributed by atoms with Gasteiger partial charge >= 0.3 is 0 Å². The molecule has 0 bridgehead atoms. The SMILES string of the molecule is CCc1cccc(NC(N)=NCCCN2CCCC2=O)c1.I. The zero-order chi connectivity index (χ0) is 15.1. The van der Waals surface area contributed by atoms with Gasteiger partial charge in [-0.3, -0.25) is 9.79 Å². The molecule has 1 aliphatic rings. The van der Waals surface area contributed by atoms with E-state index in [-0.39, 0.29) is 29.9 Å². The van der Waals surface area contributed by atoms with E-state index in [2.05, 4.69) is 29.4 Å². The fourth-order valence-electron chi connectivity index (χ4n) is 2.46. The van der Waals surface area contributed by atoms with Gasteiger partial charge in [0.2, 0.25) is 5.91 Å². The maximum atomic E-state index is 11.5. The van der Waals surface area contributed by atoms with E-state index < -0.39 is 0 Å². The normalized spacial score (nSPS) is 14.9. The third-order valence-corrected chi connectivity index (χ3v) is 3.65. The predicted octanol–water partition coefficient (Wildman–Crippen LogP) is 2.61. The second-order valence-corrected chi connectivity index (χ2v) is 5.28. The number of hydrogen-bond acceptors (Lipinski definition) is 2. The second-order valence-electron chi connectivity index (χ2n) is 5.28. The number of anilines is 1. The summed E-state index contributed by atoms with van der Waals surface area (Å²) in [4.78, 5) is 17.7. The molecule has 0 aliphatic carbocycles. The topological polar surface area (TPSA) is 70.7 Å². The molecule has 2 rings (SSSR count). The van der Waals surface area contributed by atoms with Crippen LogP contribution in [0.3, 0.4) is 0 Å².